The number of hydrogen-bond acceptors (Lipinski definition) is 3. The van der Waals surface area contributed by atoms with Crippen LogP contribution in [0.5, 0.6) is 5.75 Å². The number of amides is 3. The number of anilines is 2. The van der Waals surface area contributed by atoms with Gasteiger partial charge in [-0.15, -0.1) is 0 Å². The van der Waals surface area contributed by atoms with Crippen LogP contribution >= 0.6 is 0 Å². The monoisotopic (exact) mass is 339 g/mol. The van der Waals surface area contributed by atoms with Crippen molar-refractivity contribution < 1.29 is 14.3 Å². The van der Waals surface area contributed by atoms with Crippen molar-refractivity contribution in [3.8, 4) is 5.75 Å². The van der Waals surface area contributed by atoms with Gasteiger partial charge < -0.3 is 20.3 Å². The van der Waals surface area contributed by atoms with Gasteiger partial charge in [0.2, 0.25) is 0 Å². The standard InChI is InChI=1S/C19H21N3O3/c1-25-15-8-6-7-14(13-15)20-19(24)21-17-10-3-2-9-16(17)18(23)22-11-4-5-12-22/h2-3,6-10,13H,4-5,11-12H2,1H3,(H2,20,21,24). The minimum Gasteiger partial charge on any atom is -0.497 e. The molecule has 0 aromatic heterocycles. The summed E-state index contributed by atoms with van der Waals surface area (Å²) in [6, 6.07) is 13.7. The average molecular weight is 339 g/mol. The molecule has 1 saturated heterocycles. The summed E-state index contributed by atoms with van der Waals surface area (Å²) in [6.45, 7) is 1.53. The third-order valence-electron chi connectivity index (χ3n) is 4.13. The van der Waals surface area contributed by atoms with Crippen LogP contribution < -0.4 is 15.4 Å². The molecule has 6 heteroatoms. The van der Waals surface area contributed by atoms with Crippen molar-refractivity contribution in [1.82, 2.24) is 4.90 Å². The summed E-state index contributed by atoms with van der Waals surface area (Å²) in [5.41, 5.74) is 1.62. The Balaban J connectivity index is 1.71. The zero-order chi connectivity index (χ0) is 17.6. The SMILES string of the molecule is COc1cccc(NC(=O)Nc2ccccc2C(=O)N2CCCC2)c1. The van der Waals surface area contributed by atoms with E-state index in [2.05, 4.69) is 10.6 Å². The van der Waals surface area contributed by atoms with Gasteiger partial charge in [-0.25, -0.2) is 4.79 Å². The van der Waals surface area contributed by atoms with Gasteiger partial charge in [-0.1, -0.05) is 18.2 Å². The molecule has 0 unspecified atom stereocenters. The normalized spacial score (nSPS) is 13.4. The third-order valence-corrected chi connectivity index (χ3v) is 4.13. The molecule has 2 N–H and O–H groups in total. The van der Waals surface area contributed by atoms with E-state index in [0.29, 0.717) is 22.7 Å². The molecule has 0 atom stereocenters. The number of methoxy groups -OCH3 is 1. The van der Waals surface area contributed by atoms with Crippen LogP contribution in [0.15, 0.2) is 48.5 Å². The maximum atomic E-state index is 12.6. The molecule has 130 valence electrons. The van der Waals surface area contributed by atoms with Crippen molar-refractivity contribution in [1.29, 1.82) is 0 Å². The van der Waals surface area contributed by atoms with E-state index >= 15 is 0 Å². The first-order valence-corrected chi connectivity index (χ1v) is 8.28. The van der Waals surface area contributed by atoms with Crippen LogP contribution in [0.3, 0.4) is 0 Å². The van der Waals surface area contributed by atoms with Gasteiger partial charge in [0.15, 0.2) is 0 Å². The lowest BCUT2D eigenvalue weighted by Gasteiger charge is -2.18. The molecule has 1 heterocycles. The van der Waals surface area contributed by atoms with E-state index in [4.69, 9.17) is 4.74 Å². The van der Waals surface area contributed by atoms with Crippen molar-refractivity contribution >= 4 is 23.3 Å². The van der Waals surface area contributed by atoms with Gasteiger partial charge in [0, 0.05) is 24.8 Å². The van der Waals surface area contributed by atoms with E-state index in [0.717, 1.165) is 25.9 Å². The zero-order valence-corrected chi connectivity index (χ0v) is 14.1. The Morgan fingerprint density at radius 2 is 1.76 bits per heavy atom. The van der Waals surface area contributed by atoms with E-state index in [1.165, 1.54) is 0 Å². The second-order valence-electron chi connectivity index (χ2n) is 5.86. The second-order valence-corrected chi connectivity index (χ2v) is 5.86. The topological polar surface area (TPSA) is 70.7 Å². The van der Waals surface area contributed by atoms with Gasteiger partial charge >= 0.3 is 6.03 Å². The van der Waals surface area contributed by atoms with Gasteiger partial charge in [0.05, 0.1) is 18.4 Å². The van der Waals surface area contributed by atoms with Gasteiger partial charge in [-0.3, -0.25) is 4.79 Å². The Labute approximate surface area is 146 Å². The van der Waals surface area contributed by atoms with E-state index in [1.54, 1.807) is 55.6 Å². The van der Waals surface area contributed by atoms with Crippen LogP contribution in [0.2, 0.25) is 0 Å². The second kappa shape index (κ2) is 7.70. The molecule has 0 spiro atoms. The van der Waals surface area contributed by atoms with E-state index < -0.39 is 6.03 Å². The summed E-state index contributed by atoms with van der Waals surface area (Å²) in [6.07, 6.45) is 2.05. The number of carbonyl (C=O) groups excluding carboxylic acids is 2. The number of nitrogens with one attached hydrogen (secondary N) is 2. The number of benzene rings is 2. The third kappa shape index (κ3) is 4.09. The number of para-hydroxylation sites is 1. The fraction of sp³-hybridized carbons (Fsp3) is 0.263. The molecule has 1 fully saturated rings. The average Bonchev–Trinajstić information content (AvgIpc) is 3.16. The molecular weight excluding hydrogens is 318 g/mol. The lowest BCUT2D eigenvalue weighted by Crippen LogP contribution is -2.29. The van der Waals surface area contributed by atoms with E-state index in [-0.39, 0.29) is 5.91 Å². The maximum Gasteiger partial charge on any atom is 0.323 e. The molecule has 2 aromatic rings. The predicted molar refractivity (Wildman–Crippen MR) is 97.2 cm³/mol. The number of urea groups is 1. The Hall–Kier alpha value is -3.02. The molecule has 0 saturated carbocycles. The van der Waals surface area contributed by atoms with Crippen LogP contribution in [0.25, 0.3) is 0 Å². The number of hydrogen-bond donors (Lipinski definition) is 2. The van der Waals surface area contributed by atoms with Crippen LogP contribution in [0.1, 0.15) is 23.2 Å². The first-order valence-electron chi connectivity index (χ1n) is 8.28. The fourth-order valence-corrected chi connectivity index (χ4v) is 2.85. The number of likely N-dealkylation sites (tertiary alicyclic amines) is 1. The Bertz CT molecular complexity index is 770. The van der Waals surface area contributed by atoms with E-state index in [9.17, 15) is 9.59 Å². The summed E-state index contributed by atoms with van der Waals surface area (Å²) in [4.78, 5) is 26.7. The van der Waals surface area contributed by atoms with Crippen molar-refractivity contribution in [2.75, 3.05) is 30.8 Å². The van der Waals surface area contributed by atoms with Gasteiger partial charge in [0.25, 0.3) is 5.91 Å². The lowest BCUT2D eigenvalue weighted by molar-refractivity contribution is 0.0794. The highest BCUT2D eigenvalue weighted by Crippen LogP contribution is 2.21. The smallest absolute Gasteiger partial charge is 0.323 e. The van der Waals surface area contributed by atoms with Crippen LogP contribution in [0.4, 0.5) is 16.2 Å². The summed E-state index contributed by atoms with van der Waals surface area (Å²) in [5, 5.41) is 5.51. The Kier molecular flexibility index (Phi) is 5.18. The molecule has 1 aliphatic heterocycles. The number of nitrogens with zero attached hydrogens (tertiary/aromatic N) is 1. The molecule has 0 aliphatic carbocycles. The molecule has 6 nitrogen and oxygen atoms in total. The van der Waals surface area contributed by atoms with Crippen molar-refractivity contribution in [2.45, 2.75) is 12.8 Å². The Morgan fingerprint density at radius 1 is 1.00 bits per heavy atom. The quantitative estimate of drug-likeness (QED) is 0.894. The van der Waals surface area contributed by atoms with Gasteiger partial charge in [-0.05, 0) is 37.1 Å². The summed E-state index contributed by atoms with van der Waals surface area (Å²) >= 11 is 0. The molecule has 0 radical (unpaired) electrons. The minimum absolute atomic E-state index is 0.0465. The van der Waals surface area contributed by atoms with E-state index in [1.807, 2.05) is 4.90 Å². The maximum absolute atomic E-state index is 12.6. The van der Waals surface area contributed by atoms with Gasteiger partial charge in [0.1, 0.15) is 5.75 Å². The molecule has 3 amide bonds. The van der Waals surface area contributed by atoms with Crippen molar-refractivity contribution in [3.05, 3.63) is 54.1 Å². The van der Waals surface area contributed by atoms with Gasteiger partial charge in [-0.2, -0.15) is 0 Å². The largest absolute Gasteiger partial charge is 0.497 e. The Morgan fingerprint density at radius 3 is 2.52 bits per heavy atom. The number of ether oxygens (including phenoxy) is 1. The molecule has 3 rings (SSSR count). The van der Waals surface area contributed by atoms with Crippen LogP contribution in [0, 0.1) is 0 Å². The number of rotatable bonds is 4. The molecule has 0 bridgehead atoms. The molecule has 25 heavy (non-hydrogen) atoms. The summed E-state index contributed by atoms with van der Waals surface area (Å²) in [5.74, 6) is 0.609. The van der Waals surface area contributed by atoms with Crippen LogP contribution in [-0.4, -0.2) is 37.0 Å². The molecule has 2 aromatic carbocycles. The minimum atomic E-state index is -0.407. The zero-order valence-electron chi connectivity index (χ0n) is 14.1. The van der Waals surface area contributed by atoms with Crippen LogP contribution in [-0.2, 0) is 0 Å². The number of carbonyl (C=O) groups is 2. The lowest BCUT2D eigenvalue weighted by atomic mass is 10.1. The first kappa shape index (κ1) is 16.8. The highest BCUT2D eigenvalue weighted by molar-refractivity contribution is 6.06. The van der Waals surface area contributed by atoms with Crippen molar-refractivity contribution in [3.63, 3.8) is 0 Å². The molecule has 1 aliphatic rings. The summed E-state index contributed by atoms with van der Waals surface area (Å²) in [7, 11) is 1.57. The highest BCUT2D eigenvalue weighted by atomic mass is 16.5. The highest BCUT2D eigenvalue weighted by Gasteiger charge is 2.22. The van der Waals surface area contributed by atoms with Crippen molar-refractivity contribution in [2.24, 2.45) is 0 Å². The fourth-order valence-electron chi connectivity index (χ4n) is 2.85. The predicted octanol–water partition coefficient (Wildman–Crippen LogP) is 3.58. The summed E-state index contributed by atoms with van der Waals surface area (Å²) < 4.78 is 5.14. The first-order chi connectivity index (χ1) is 12.2. The molecular formula is C19H21N3O3.